The zero-order chi connectivity index (χ0) is 21.5. The minimum atomic E-state index is 0.242. The maximum atomic E-state index is 5.07. The summed E-state index contributed by atoms with van der Waals surface area (Å²) in [5.74, 6) is 0. The van der Waals surface area contributed by atoms with Gasteiger partial charge in [-0.3, -0.25) is 0 Å². The highest BCUT2D eigenvalue weighted by Crippen LogP contribution is 2.47. The molecule has 4 rings (SSSR count). The van der Waals surface area contributed by atoms with Gasteiger partial charge in [-0.05, 0) is 73.7 Å². The molecule has 1 aromatic heterocycles. The van der Waals surface area contributed by atoms with Crippen LogP contribution in [0.3, 0.4) is 0 Å². The summed E-state index contributed by atoms with van der Waals surface area (Å²) >= 11 is 1.81. The SMILES string of the molecule is CCCN(C)C1CCN(c2nc(-c3ccc4c(c3)C(C)(C)CCC4(C)C)cs2)CC1. The molecule has 2 heterocycles. The van der Waals surface area contributed by atoms with Crippen LogP contribution in [0.4, 0.5) is 5.13 Å². The standard InChI is InChI=1S/C26H39N3S/c1-7-14-28(6)20-10-15-29(16-11-20)24-27-23(18-30-24)19-8-9-21-22(17-19)26(4,5)13-12-25(21,2)3/h8-9,17-18,20H,7,10-16H2,1-6H3. The van der Waals surface area contributed by atoms with Gasteiger partial charge in [0.1, 0.15) is 0 Å². The van der Waals surface area contributed by atoms with Crippen LogP contribution in [0.15, 0.2) is 23.6 Å². The van der Waals surface area contributed by atoms with Crippen LogP contribution in [-0.2, 0) is 10.8 Å². The summed E-state index contributed by atoms with van der Waals surface area (Å²) in [4.78, 5) is 10.1. The predicted octanol–water partition coefficient (Wildman–Crippen LogP) is 6.47. The molecule has 0 amide bonds. The van der Waals surface area contributed by atoms with Crippen LogP contribution in [0.5, 0.6) is 0 Å². The van der Waals surface area contributed by atoms with Crippen molar-refractivity contribution in [3.05, 3.63) is 34.7 Å². The molecule has 1 fully saturated rings. The Balaban J connectivity index is 1.51. The molecule has 0 spiro atoms. The molecule has 4 heteroatoms. The second kappa shape index (κ2) is 8.27. The predicted molar refractivity (Wildman–Crippen MR) is 131 cm³/mol. The van der Waals surface area contributed by atoms with Gasteiger partial charge < -0.3 is 9.80 Å². The van der Waals surface area contributed by atoms with Gasteiger partial charge in [-0.15, -0.1) is 11.3 Å². The highest BCUT2D eigenvalue weighted by Gasteiger charge is 2.37. The van der Waals surface area contributed by atoms with E-state index < -0.39 is 0 Å². The third-order valence-electron chi connectivity index (χ3n) is 7.58. The van der Waals surface area contributed by atoms with Gasteiger partial charge in [0.15, 0.2) is 5.13 Å². The number of aromatic nitrogens is 1. The van der Waals surface area contributed by atoms with Gasteiger partial charge in [0, 0.05) is 30.1 Å². The Bertz CT molecular complexity index is 874. The molecule has 1 saturated heterocycles. The first kappa shape index (κ1) is 21.8. The van der Waals surface area contributed by atoms with Crippen LogP contribution in [0.1, 0.15) is 77.8 Å². The zero-order valence-electron chi connectivity index (χ0n) is 19.8. The Kier molecular flexibility index (Phi) is 6.02. The zero-order valence-corrected chi connectivity index (χ0v) is 20.6. The molecule has 2 aromatic rings. The molecule has 1 aromatic carbocycles. The van der Waals surface area contributed by atoms with Crippen molar-refractivity contribution in [3.63, 3.8) is 0 Å². The quantitative estimate of drug-likeness (QED) is 0.547. The summed E-state index contributed by atoms with van der Waals surface area (Å²) < 4.78 is 0. The second-order valence-corrected chi connectivity index (χ2v) is 11.6. The summed E-state index contributed by atoms with van der Waals surface area (Å²) in [6.45, 7) is 15.3. The van der Waals surface area contributed by atoms with Crippen LogP contribution in [0, 0.1) is 0 Å². The molecule has 1 aliphatic heterocycles. The molecular formula is C26H39N3S. The number of rotatable bonds is 5. The molecule has 0 atom stereocenters. The van der Waals surface area contributed by atoms with Crippen molar-refractivity contribution in [1.29, 1.82) is 0 Å². The minimum Gasteiger partial charge on any atom is -0.348 e. The van der Waals surface area contributed by atoms with Gasteiger partial charge in [0.25, 0.3) is 0 Å². The lowest BCUT2D eigenvalue weighted by molar-refractivity contribution is 0.208. The smallest absolute Gasteiger partial charge is 0.185 e. The molecule has 0 N–H and O–H groups in total. The first-order valence-corrected chi connectivity index (χ1v) is 12.7. The van der Waals surface area contributed by atoms with Crippen LogP contribution < -0.4 is 4.90 Å². The number of anilines is 1. The van der Waals surface area contributed by atoms with E-state index in [0.29, 0.717) is 0 Å². The van der Waals surface area contributed by atoms with Crippen molar-refractivity contribution in [3.8, 4) is 11.3 Å². The number of hydrogen-bond donors (Lipinski definition) is 0. The lowest BCUT2D eigenvalue weighted by atomic mass is 9.63. The van der Waals surface area contributed by atoms with E-state index >= 15 is 0 Å². The van der Waals surface area contributed by atoms with Crippen LogP contribution in [0.25, 0.3) is 11.3 Å². The summed E-state index contributed by atoms with van der Waals surface area (Å²) in [5.41, 5.74) is 5.97. The molecule has 0 radical (unpaired) electrons. The van der Waals surface area contributed by atoms with E-state index in [2.05, 4.69) is 75.0 Å². The van der Waals surface area contributed by atoms with Crippen molar-refractivity contribution in [2.45, 2.75) is 83.6 Å². The van der Waals surface area contributed by atoms with Crippen LogP contribution >= 0.6 is 11.3 Å². The summed E-state index contributed by atoms with van der Waals surface area (Å²) in [5, 5.41) is 3.45. The fourth-order valence-electron chi connectivity index (χ4n) is 5.32. The van der Waals surface area contributed by atoms with Gasteiger partial charge in [-0.2, -0.15) is 0 Å². The molecule has 1 aliphatic carbocycles. The van der Waals surface area contributed by atoms with E-state index in [1.807, 2.05) is 11.3 Å². The molecule has 0 bridgehead atoms. The van der Waals surface area contributed by atoms with Gasteiger partial charge >= 0.3 is 0 Å². The number of fused-ring (bicyclic) bond motifs is 1. The molecule has 2 aliphatic rings. The first-order chi connectivity index (χ1) is 14.2. The lowest BCUT2D eigenvalue weighted by Crippen LogP contribution is -2.43. The lowest BCUT2D eigenvalue weighted by Gasteiger charge is -2.42. The average Bonchev–Trinajstić information content (AvgIpc) is 3.22. The van der Waals surface area contributed by atoms with Gasteiger partial charge in [-0.25, -0.2) is 4.98 Å². The van der Waals surface area contributed by atoms with E-state index in [1.165, 1.54) is 60.5 Å². The largest absolute Gasteiger partial charge is 0.348 e. The van der Waals surface area contributed by atoms with Crippen molar-refractivity contribution >= 4 is 16.5 Å². The summed E-state index contributed by atoms with van der Waals surface area (Å²) in [6, 6.07) is 7.83. The van der Waals surface area contributed by atoms with E-state index in [-0.39, 0.29) is 10.8 Å². The Hall–Kier alpha value is -1.39. The van der Waals surface area contributed by atoms with Gasteiger partial charge in [0.2, 0.25) is 0 Å². The molecule has 30 heavy (non-hydrogen) atoms. The molecule has 0 saturated carbocycles. The molecular weight excluding hydrogens is 386 g/mol. The van der Waals surface area contributed by atoms with Crippen LogP contribution in [0.2, 0.25) is 0 Å². The summed E-state index contributed by atoms with van der Waals surface area (Å²) in [6.07, 6.45) is 6.24. The Morgan fingerprint density at radius 2 is 1.73 bits per heavy atom. The van der Waals surface area contributed by atoms with Gasteiger partial charge in [-0.1, -0.05) is 46.8 Å². The topological polar surface area (TPSA) is 19.4 Å². The monoisotopic (exact) mass is 425 g/mol. The second-order valence-electron chi connectivity index (χ2n) is 10.7. The number of benzene rings is 1. The summed E-state index contributed by atoms with van der Waals surface area (Å²) in [7, 11) is 2.28. The van der Waals surface area contributed by atoms with Crippen molar-refractivity contribution in [2.75, 3.05) is 31.6 Å². The third kappa shape index (κ3) is 4.18. The third-order valence-corrected chi connectivity index (χ3v) is 8.48. The minimum absolute atomic E-state index is 0.242. The first-order valence-electron chi connectivity index (χ1n) is 11.8. The van der Waals surface area contributed by atoms with E-state index in [9.17, 15) is 0 Å². The van der Waals surface area contributed by atoms with Crippen LogP contribution in [-0.4, -0.2) is 42.6 Å². The molecule has 3 nitrogen and oxygen atoms in total. The highest BCUT2D eigenvalue weighted by molar-refractivity contribution is 7.14. The van der Waals surface area contributed by atoms with E-state index in [1.54, 1.807) is 0 Å². The van der Waals surface area contributed by atoms with E-state index in [0.717, 1.165) is 24.8 Å². The highest BCUT2D eigenvalue weighted by atomic mass is 32.1. The average molecular weight is 426 g/mol. The normalized spacial score (nSPS) is 21.1. The fourth-order valence-corrected chi connectivity index (χ4v) is 6.21. The number of piperidine rings is 1. The van der Waals surface area contributed by atoms with Crippen molar-refractivity contribution in [2.24, 2.45) is 0 Å². The number of thiazole rings is 1. The molecule has 164 valence electrons. The van der Waals surface area contributed by atoms with Crippen molar-refractivity contribution < 1.29 is 0 Å². The van der Waals surface area contributed by atoms with E-state index in [4.69, 9.17) is 4.98 Å². The maximum Gasteiger partial charge on any atom is 0.185 e. The fraction of sp³-hybridized carbons (Fsp3) is 0.654. The number of hydrogen-bond acceptors (Lipinski definition) is 4. The number of nitrogens with zero attached hydrogens (tertiary/aromatic N) is 3. The van der Waals surface area contributed by atoms with Gasteiger partial charge in [0.05, 0.1) is 5.69 Å². The van der Waals surface area contributed by atoms with Crippen molar-refractivity contribution in [1.82, 2.24) is 9.88 Å². The maximum absolute atomic E-state index is 5.07. The Morgan fingerprint density at radius 3 is 2.40 bits per heavy atom. The Labute approximate surface area is 187 Å². The molecule has 0 unspecified atom stereocenters. The Morgan fingerprint density at radius 1 is 1.07 bits per heavy atom.